The minimum atomic E-state index is -3.37. The number of methoxy groups -OCH3 is 1. The zero-order valence-electron chi connectivity index (χ0n) is 27.8. The van der Waals surface area contributed by atoms with E-state index < -0.39 is 65.2 Å². The van der Waals surface area contributed by atoms with Gasteiger partial charge in [0.05, 0.1) is 30.7 Å². The fourth-order valence-electron chi connectivity index (χ4n) is 7.35. The predicted molar refractivity (Wildman–Crippen MR) is 167 cm³/mol. The highest BCUT2D eigenvalue weighted by Crippen LogP contribution is 2.44. The second-order valence-electron chi connectivity index (χ2n) is 14.5. The first-order valence-electron chi connectivity index (χ1n) is 16.3. The highest BCUT2D eigenvalue weighted by Gasteiger charge is 2.50. The van der Waals surface area contributed by atoms with E-state index in [4.69, 9.17) is 14.2 Å². The van der Waals surface area contributed by atoms with Gasteiger partial charge in [-0.2, -0.15) is 8.78 Å². The monoisotopic (exact) mass is 644 g/mol. The number of ketones is 1. The second-order valence-corrected chi connectivity index (χ2v) is 14.5. The van der Waals surface area contributed by atoms with Gasteiger partial charge in [0.15, 0.2) is 11.5 Å². The Morgan fingerprint density at radius 2 is 1.80 bits per heavy atom. The van der Waals surface area contributed by atoms with Crippen LogP contribution in [0.1, 0.15) is 92.2 Å². The summed E-state index contributed by atoms with van der Waals surface area (Å²) in [5.74, 6) is -4.56. The zero-order valence-corrected chi connectivity index (χ0v) is 27.8. The molecular formula is C34H46F2N4O6. The summed E-state index contributed by atoms with van der Waals surface area (Å²) in [5, 5.41) is 2.83. The number of benzene rings is 1. The van der Waals surface area contributed by atoms with E-state index in [0.717, 1.165) is 12.8 Å². The maximum Gasteiger partial charge on any atom is 0.408 e. The average molecular weight is 645 g/mol. The molecule has 1 saturated carbocycles. The van der Waals surface area contributed by atoms with Crippen molar-refractivity contribution in [2.45, 2.75) is 116 Å². The fourth-order valence-corrected chi connectivity index (χ4v) is 7.35. The Labute approximate surface area is 268 Å². The number of hydrogen-bond acceptors (Lipinski definition) is 8. The van der Waals surface area contributed by atoms with E-state index in [9.17, 15) is 14.4 Å². The molecule has 0 unspecified atom stereocenters. The molecule has 252 valence electrons. The normalized spacial score (nSPS) is 30.7. The van der Waals surface area contributed by atoms with Crippen molar-refractivity contribution in [3.8, 4) is 11.6 Å². The number of alkyl carbamates (subject to hydrolysis) is 1. The van der Waals surface area contributed by atoms with Crippen LogP contribution in [-0.4, -0.2) is 70.1 Å². The van der Waals surface area contributed by atoms with Crippen molar-refractivity contribution >= 4 is 28.8 Å². The number of rotatable bonds is 2. The van der Waals surface area contributed by atoms with Gasteiger partial charge in [0.2, 0.25) is 11.8 Å². The lowest BCUT2D eigenvalue weighted by Gasteiger charge is -2.37. The van der Waals surface area contributed by atoms with Gasteiger partial charge in [-0.15, -0.1) is 0 Å². The van der Waals surface area contributed by atoms with Gasteiger partial charge < -0.3 is 24.4 Å². The van der Waals surface area contributed by atoms with Gasteiger partial charge in [0, 0.05) is 18.4 Å². The fraction of sp³-hybridized carbons (Fsp3) is 0.676. The summed E-state index contributed by atoms with van der Waals surface area (Å²) in [6.45, 7) is 10.4. The van der Waals surface area contributed by atoms with Gasteiger partial charge in [0.25, 0.3) is 5.92 Å². The Balaban J connectivity index is 1.60. The van der Waals surface area contributed by atoms with Crippen molar-refractivity contribution in [1.82, 2.24) is 20.2 Å². The summed E-state index contributed by atoms with van der Waals surface area (Å²) in [4.78, 5) is 50.9. The summed E-state index contributed by atoms with van der Waals surface area (Å²) in [6, 6.07) is 2.88. The molecule has 6 atom stereocenters. The third-order valence-electron chi connectivity index (χ3n) is 10.0. The van der Waals surface area contributed by atoms with Crippen LogP contribution in [-0.2, 0) is 20.2 Å². The number of aromatic nitrogens is 2. The van der Waals surface area contributed by atoms with Gasteiger partial charge in [0.1, 0.15) is 23.5 Å². The van der Waals surface area contributed by atoms with Crippen LogP contribution >= 0.6 is 0 Å². The first kappa shape index (κ1) is 33.8. The van der Waals surface area contributed by atoms with E-state index in [2.05, 4.69) is 15.3 Å². The predicted octanol–water partition coefficient (Wildman–Crippen LogP) is 6.19. The van der Waals surface area contributed by atoms with E-state index in [-0.39, 0.29) is 36.1 Å². The standard InChI is InChI=1S/C34H46F2N4O6/c1-19-25-18-40(26(19)20(2)41)30(42)28(32(3,4)5)39-31(43)46-33(6)15-10-12-21(33)11-8-9-16-34(35,36)27-29(45-25)38-24-17-22(44-7)13-14-23(24)37-27/h13-14,17,19,21,25-26,28H,8-12,15-16,18H2,1-7H3,(H,39,43)/t19-,21-,25+,26+,28-,33-/m1/s1. The summed E-state index contributed by atoms with van der Waals surface area (Å²) >= 11 is 0. The molecule has 1 aromatic carbocycles. The number of halogens is 2. The van der Waals surface area contributed by atoms with Crippen LogP contribution < -0.4 is 14.8 Å². The molecule has 12 heteroatoms. The van der Waals surface area contributed by atoms with Crippen LogP contribution in [0.15, 0.2) is 18.2 Å². The quantitative estimate of drug-likeness (QED) is 0.411. The lowest BCUT2D eigenvalue weighted by molar-refractivity contribution is -0.141. The Kier molecular flexibility index (Phi) is 9.22. The molecule has 2 amide bonds. The lowest BCUT2D eigenvalue weighted by atomic mass is 9.85. The number of nitrogens with one attached hydrogen (secondary N) is 1. The van der Waals surface area contributed by atoms with Crippen molar-refractivity contribution < 1.29 is 37.4 Å². The third kappa shape index (κ3) is 6.62. The SMILES string of the molecule is COc1ccc2nc3c(nc2c1)O[C@H]1CN(C(=O)[C@H](C(C)(C)C)NC(=O)O[C@]2(C)CCC[C@H]2CCCCC3(F)F)[C@H](C(C)=O)[C@@H]1C. The van der Waals surface area contributed by atoms with E-state index >= 15 is 8.78 Å². The molecule has 1 aromatic heterocycles. The third-order valence-corrected chi connectivity index (χ3v) is 10.0. The summed E-state index contributed by atoms with van der Waals surface area (Å²) in [5.41, 5.74) is -1.52. The topological polar surface area (TPSA) is 120 Å². The maximum atomic E-state index is 16.1. The summed E-state index contributed by atoms with van der Waals surface area (Å²) in [6.07, 6.45) is 1.60. The highest BCUT2D eigenvalue weighted by molar-refractivity contribution is 5.92. The van der Waals surface area contributed by atoms with Crippen LogP contribution in [0.3, 0.4) is 0 Å². The average Bonchev–Trinajstić information content (AvgIpc) is 3.50. The summed E-state index contributed by atoms with van der Waals surface area (Å²) in [7, 11) is 1.49. The molecule has 0 spiro atoms. The number of carbonyl (C=O) groups excluding carboxylic acids is 3. The van der Waals surface area contributed by atoms with Crippen molar-refractivity contribution in [3.63, 3.8) is 0 Å². The van der Waals surface area contributed by atoms with Crippen LogP contribution in [0, 0.1) is 17.3 Å². The molecule has 10 nitrogen and oxygen atoms in total. The molecule has 3 aliphatic rings. The minimum absolute atomic E-state index is 0.00818. The molecule has 3 heterocycles. The highest BCUT2D eigenvalue weighted by atomic mass is 19.3. The molecule has 2 aromatic rings. The van der Waals surface area contributed by atoms with E-state index in [1.54, 1.807) is 25.1 Å². The van der Waals surface area contributed by atoms with Crippen molar-refractivity contribution in [2.75, 3.05) is 13.7 Å². The number of nitrogens with zero attached hydrogens (tertiary/aromatic N) is 3. The van der Waals surface area contributed by atoms with Crippen LogP contribution in [0.5, 0.6) is 11.6 Å². The van der Waals surface area contributed by atoms with Gasteiger partial charge >= 0.3 is 6.09 Å². The number of hydrogen-bond donors (Lipinski definition) is 1. The molecule has 0 radical (unpaired) electrons. The Hall–Kier alpha value is -3.57. The Morgan fingerprint density at radius 1 is 1.09 bits per heavy atom. The molecule has 2 bridgehead atoms. The molecule has 5 rings (SSSR count). The summed E-state index contributed by atoms with van der Waals surface area (Å²) < 4.78 is 49.7. The molecule has 1 N–H and O–H groups in total. The number of alkyl halides is 2. The van der Waals surface area contributed by atoms with Crippen LogP contribution in [0.25, 0.3) is 11.0 Å². The number of carbonyl (C=O) groups is 3. The molecule has 1 saturated heterocycles. The number of ether oxygens (including phenoxy) is 3. The zero-order chi connectivity index (χ0) is 33.6. The number of amides is 2. The molecule has 2 fully saturated rings. The van der Waals surface area contributed by atoms with Crippen molar-refractivity contribution in [2.24, 2.45) is 17.3 Å². The Bertz CT molecular complexity index is 1500. The van der Waals surface area contributed by atoms with E-state index in [1.807, 2.05) is 27.7 Å². The number of fused-ring (bicyclic) bond motifs is 5. The Morgan fingerprint density at radius 3 is 2.48 bits per heavy atom. The van der Waals surface area contributed by atoms with Crippen LogP contribution in [0.4, 0.5) is 13.6 Å². The smallest absolute Gasteiger partial charge is 0.408 e. The van der Waals surface area contributed by atoms with Crippen molar-refractivity contribution in [3.05, 3.63) is 23.9 Å². The first-order valence-corrected chi connectivity index (χ1v) is 16.3. The minimum Gasteiger partial charge on any atom is -0.497 e. The molecular weight excluding hydrogens is 598 g/mol. The van der Waals surface area contributed by atoms with Gasteiger partial charge in [-0.3, -0.25) is 9.59 Å². The largest absolute Gasteiger partial charge is 0.497 e. The number of Topliss-reactive ketones (excluding diaryl/α,β-unsaturated/α-hetero) is 1. The van der Waals surface area contributed by atoms with E-state index in [1.165, 1.54) is 18.9 Å². The van der Waals surface area contributed by atoms with Gasteiger partial charge in [-0.1, -0.05) is 34.1 Å². The van der Waals surface area contributed by atoms with Crippen LogP contribution in [0.2, 0.25) is 0 Å². The van der Waals surface area contributed by atoms with Gasteiger partial charge in [-0.25, -0.2) is 14.8 Å². The molecule has 1 aliphatic carbocycles. The lowest BCUT2D eigenvalue weighted by Crippen LogP contribution is -2.58. The maximum absolute atomic E-state index is 16.1. The van der Waals surface area contributed by atoms with E-state index in [0.29, 0.717) is 30.5 Å². The van der Waals surface area contributed by atoms with Crippen molar-refractivity contribution in [1.29, 1.82) is 0 Å². The van der Waals surface area contributed by atoms with Gasteiger partial charge in [-0.05, 0) is 69.4 Å². The second kappa shape index (κ2) is 12.6. The first-order chi connectivity index (χ1) is 21.5. The molecule has 2 aliphatic heterocycles. The molecule has 46 heavy (non-hydrogen) atoms.